The van der Waals surface area contributed by atoms with E-state index in [1.165, 1.54) is 5.56 Å². The Morgan fingerprint density at radius 3 is 2.46 bits per heavy atom. The van der Waals surface area contributed by atoms with Crippen LogP contribution in [-0.2, 0) is 15.5 Å². The van der Waals surface area contributed by atoms with E-state index in [0.717, 1.165) is 59.1 Å². The molecule has 0 aliphatic carbocycles. The van der Waals surface area contributed by atoms with E-state index in [1.807, 2.05) is 36.4 Å². The standard InChI is InChI=1S/C30H34NO3P/c1-3-4-5-18-35(33)21-23-8-13-28(14-9-23)31-30(32)26-16-17-34-29-15-12-25(19-27(29)20-26)24-10-6-22(2)7-11-24/h6-15,19-20,35H,3-5,16-18,21H2,1-2H3,(H,31,32). The highest BCUT2D eigenvalue weighted by Gasteiger charge is 2.16. The summed E-state index contributed by atoms with van der Waals surface area (Å²) in [6.45, 7) is 4.69. The van der Waals surface area contributed by atoms with E-state index in [0.29, 0.717) is 24.8 Å². The lowest BCUT2D eigenvalue weighted by molar-refractivity contribution is -0.113. The van der Waals surface area contributed by atoms with Gasteiger partial charge in [-0.3, -0.25) is 4.79 Å². The Kier molecular flexibility index (Phi) is 8.60. The smallest absolute Gasteiger partial charge is 0.251 e. The number of fused-ring (bicyclic) bond motifs is 1. The van der Waals surface area contributed by atoms with Crippen LogP contribution in [0.2, 0.25) is 0 Å². The van der Waals surface area contributed by atoms with Gasteiger partial charge in [-0.2, -0.15) is 0 Å². The minimum atomic E-state index is -1.58. The highest BCUT2D eigenvalue weighted by molar-refractivity contribution is 7.43. The zero-order chi connectivity index (χ0) is 24.6. The summed E-state index contributed by atoms with van der Waals surface area (Å²) in [4.78, 5) is 13.1. The van der Waals surface area contributed by atoms with Crippen molar-refractivity contribution in [1.82, 2.24) is 0 Å². The molecule has 1 heterocycles. The summed E-state index contributed by atoms with van der Waals surface area (Å²) in [6, 6.07) is 22.3. The molecule has 0 bridgehead atoms. The molecule has 1 atom stereocenters. The molecule has 1 aliphatic rings. The van der Waals surface area contributed by atoms with Crippen LogP contribution in [0, 0.1) is 6.92 Å². The van der Waals surface area contributed by atoms with Gasteiger partial charge in [0.1, 0.15) is 5.75 Å². The number of carbonyl (C=O) groups is 1. The summed E-state index contributed by atoms with van der Waals surface area (Å²) in [5.41, 5.74) is 6.85. The lowest BCUT2D eigenvalue weighted by atomic mass is 10.00. The molecular formula is C30H34NO3P. The van der Waals surface area contributed by atoms with Gasteiger partial charge < -0.3 is 14.6 Å². The van der Waals surface area contributed by atoms with E-state index in [1.54, 1.807) is 0 Å². The van der Waals surface area contributed by atoms with Crippen LogP contribution in [-0.4, -0.2) is 18.7 Å². The van der Waals surface area contributed by atoms with Crippen molar-refractivity contribution in [1.29, 1.82) is 0 Å². The maximum atomic E-state index is 13.1. The van der Waals surface area contributed by atoms with Crippen LogP contribution < -0.4 is 10.1 Å². The summed E-state index contributed by atoms with van der Waals surface area (Å²) in [5, 5.41) is 3.01. The first kappa shape index (κ1) is 25.0. The first-order chi connectivity index (χ1) is 17.0. The van der Waals surface area contributed by atoms with E-state index in [4.69, 9.17) is 4.74 Å². The van der Waals surface area contributed by atoms with Gasteiger partial charge in [-0.05, 0) is 66.5 Å². The fourth-order valence-electron chi connectivity index (χ4n) is 4.23. The van der Waals surface area contributed by atoms with Crippen LogP contribution in [0.15, 0.2) is 72.3 Å². The van der Waals surface area contributed by atoms with Crippen LogP contribution in [0.3, 0.4) is 0 Å². The number of anilines is 1. The second-order valence-electron chi connectivity index (χ2n) is 9.21. The number of nitrogens with one attached hydrogen (secondary N) is 1. The van der Waals surface area contributed by atoms with Crippen molar-refractivity contribution in [3.63, 3.8) is 0 Å². The largest absolute Gasteiger partial charge is 0.493 e. The summed E-state index contributed by atoms with van der Waals surface area (Å²) < 4.78 is 18.2. The summed E-state index contributed by atoms with van der Waals surface area (Å²) in [6.07, 6.45) is 7.25. The molecule has 1 unspecified atom stereocenters. The molecule has 0 saturated heterocycles. The number of rotatable bonds is 9. The fraction of sp³-hybridized carbons (Fsp3) is 0.300. The summed E-state index contributed by atoms with van der Waals surface area (Å²) in [5.74, 6) is 0.672. The van der Waals surface area contributed by atoms with E-state index < -0.39 is 7.80 Å². The van der Waals surface area contributed by atoms with Gasteiger partial charge in [0.2, 0.25) is 0 Å². The summed E-state index contributed by atoms with van der Waals surface area (Å²) >= 11 is 0. The molecule has 0 fully saturated rings. The number of hydrogen-bond acceptors (Lipinski definition) is 3. The zero-order valence-corrected chi connectivity index (χ0v) is 21.6. The second kappa shape index (κ2) is 12.0. The average Bonchev–Trinajstić information content (AvgIpc) is 3.08. The molecule has 1 N–H and O–H groups in total. The molecule has 4 rings (SSSR count). The number of hydrogen-bond donors (Lipinski definition) is 1. The first-order valence-corrected chi connectivity index (χ1v) is 14.3. The Hall–Kier alpha value is -3.10. The topological polar surface area (TPSA) is 55.4 Å². The monoisotopic (exact) mass is 487 g/mol. The molecule has 35 heavy (non-hydrogen) atoms. The second-order valence-corrected chi connectivity index (χ2v) is 11.1. The number of benzene rings is 3. The number of ether oxygens (including phenoxy) is 1. The van der Waals surface area contributed by atoms with Crippen molar-refractivity contribution >= 4 is 25.5 Å². The van der Waals surface area contributed by atoms with Gasteiger partial charge in [-0.15, -0.1) is 0 Å². The van der Waals surface area contributed by atoms with Gasteiger partial charge in [-0.1, -0.05) is 67.8 Å². The average molecular weight is 488 g/mol. The van der Waals surface area contributed by atoms with Gasteiger partial charge in [0.25, 0.3) is 5.91 Å². The van der Waals surface area contributed by atoms with Crippen molar-refractivity contribution in [2.45, 2.75) is 45.7 Å². The minimum Gasteiger partial charge on any atom is -0.493 e. The summed E-state index contributed by atoms with van der Waals surface area (Å²) in [7, 11) is -1.58. The predicted molar refractivity (Wildman–Crippen MR) is 147 cm³/mol. The van der Waals surface area contributed by atoms with Gasteiger partial charge in [0, 0.05) is 29.4 Å². The van der Waals surface area contributed by atoms with Crippen LogP contribution >= 0.6 is 7.80 Å². The molecule has 1 amide bonds. The normalized spacial score (nSPS) is 13.7. The molecular weight excluding hydrogens is 453 g/mol. The predicted octanol–water partition coefficient (Wildman–Crippen LogP) is 7.72. The van der Waals surface area contributed by atoms with Crippen molar-refractivity contribution in [3.8, 4) is 16.9 Å². The highest BCUT2D eigenvalue weighted by atomic mass is 31.1. The Morgan fingerprint density at radius 1 is 0.971 bits per heavy atom. The fourth-order valence-corrected chi connectivity index (χ4v) is 5.75. The maximum absolute atomic E-state index is 13.1. The quantitative estimate of drug-likeness (QED) is 0.248. The van der Waals surface area contributed by atoms with E-state index >= 15 is 0 Å². The lowest BCUT2D eigenvalue weighted by Crippen LogP contribution is -2.15. The van der Waals surface area contributed by atoms with Gasteiger partial charge in [0.15, 0.2) is 0 Å². The molecule has 0 spiro atoms. The van der Waals surface area contributed by atoms with Crippen molar-refractivity contribution < 1.29 is 14.1 Å². The molecule has 0 radical (unpaired) electrons. The minimum absolute atomic E-state index is 0.122. The first-order valence-electron chi connectivity index (χ1n) is 12.5. The van der Waals surface area contributed by atoms with Crippen LogP contribution in [0.1, 0.15) is 49.3 Å². The molecule has 3 aromatic carbocycles. The highest BCUT2D eigenvalue weighted by Crippen LogP contribution is 2.32. The molecule has 3 aromatic rings. The number of carbonyl (C=O) groups excluding carboxylic acids is 1. The molecule has 5 heteroatoms. The number of amides is 1. The van der Waals surface area contributed by atoms with Gasteiger partial charge >= 0.3 is 0 Å². The lowest BCUT2D eigenvalue weighted by Gasteiger charge is -2.09. The van der Waals surface area contributed by atoms with Crippen molar-refractivity contribution in [2.75, 3.05) is 18.1 Å². The van der Waals surface area contributed by atoms with Crippen LogP contribution in [0.4, 0.5) is 5.69 Å². The van der Waals surface area contributed by atoms with Gasteiger partial charge in [-0.25, -0.2) is 0 Å². The van der Waals surface area contributed by atoms with Crippen molar-refractivity contribution in [2.24, 2.45) is 0 Å². The van der Waals surface area contributed by atoms with E-state index in [-0.39, 0.29) is 5.91 Å². The zero-order valence-electron chi connectivity index (χ0n) is 20.6. The third-order valence-corrected chi connectivity index (χ3v) is 8.03. The Bertz CT molecular complexity index is 1210. The number of unbranched alkanes of at least 4 members (excludes halogenated alkanes) is 2. The molecule has 0 saturated carbocycles. The third kappa shape index (κ3) is 6.96. The Labute approximate surface area is 209 Å². The SMILES string of the molecule is CCCCC[PH](=O)Cc1ccc(NC(=O)C2=Cc3cc(-c4ccc(C)cc4)ccc3OCC2)cc1. The molecule has 0 aromatic heterocycles. The molecule has 182 valence electrons. The van der Waals surface area contributed by atoms with E-state index in [2.05, 4.69) is 55.6 Å². The van der Waals surface area contributed by atoms with E-state index in [9.17, 15) is 9.36 Å². The Morgan fingerprint density at radius 2 is 1.71 bits per heavy atom. The molecule has 1 aliphatic heterocycles. The number of aryl methyl sites for hydroxylation is 1. The maximum Gasteiger partial charge on any atom is 0.251 e. The third-order valence-electron chi connectivity index (χ3n) is 6.32. The van der Waals surface area contributed by atoms with Crippen LogP contribution in [0.25, 0.3) is 17.2 Å². The van der Waals surface area contributed by atoms with Crippen LogP contribution in [0.5, 0.6) is 5.75 Å². The Balaban J connectivity index is 1.44. The molecule has 4 nitrogen and oxygen atoms in total. The van der Waals surface area contributed by atoms with Gasteiger partial charge in [0.05, 0.1) is 14.4 Å². The van der Waals surface area contributed by atoms with Crippen molar-refractivity contribution in [3.05, 3.63) is 89.0 Å².